The summed E-state index contributed by atoms with van der Waals surface area (Å²) < 4.78 is 7.25. The highest BCUT2D eigenvalue weighted by molar-refractivity contribution is 5.91. The van der Waals surface area contributed by atoms with Crippen molar-refractivity contribution in [2.24, 2.45) is 0 Å². The average Bonchev–Trinajstić information content (AvgIpc) is 3.28. The van der Waals surface area contributed by atoms with Crippen molar-refractivity contribution in [2.75, 3.05) is 32.8 Å². The van der Waals surface area contributed by atoms with E-state index in [0.717, 1.165) is 49.7 Å². The molecule has 2 aromatic carbocycles. The van der Waals surface area contributed by atoms with Crippen molar-refractivity contribution in [3.05, 3.63) is 89.8 Å². The number of hydrogen-bond acceptors (Lipinski definition) is 4. The monoisotopic (exact) mass is 416 g/mol. The van der Waals surface area contributed by atoms with E-state index < -0.39 is 0 Å². The fraction of sp³-hybridized carbons (Fsp3) is 0.280. The Kier molecular flexibility index (Phi) is 6.92. The lowest BCUT2D eigenvalue weighted by atomic mass is 10.0. The highest BCUT2D eigenvalue weighted by Crippen LogP contribution is 2.17. The Morgan fingerprint density at radius 2 is 1.87 bits per heavy atom. The average molecular weight is 417 g/mol. The van der Waals surface area contributed by atoms with Crippen LogP contribution in [0, 0.1) is 6.92 Å². The van der Waals surface area contributed by atoms with E-state index in [0.29, 0.717) is 0 Å². The van der Waals surface area contributed by atoms with Crippen LogP contribution in [-0.4, -0.2) is 53.4 Å². The third kappa shape index (κ3) is 5.90. The Labute approximate surface area is 183 Å². The van der Waals surface area contributed by atoms with Crippen LogP contribution in [0.1, 0.15) is 22.7 Å². The summed E-state index contributed by atoms with van der Waals surface area (Å²) in [7, 11) is 0. The molecule has 0 unspecified atom stereocenters. The van der Waals surface area contributed by atoms with E-state index in [2.05, 4.69) is 46.5 Å². The Hall–Kier alpha value is -3.22. The van der Waals surface area contributed by atoms with Crippen molar-refractivity contribution in [3.8, 4) is 5.69 Å². The summed E-state index contributed by atoms with van der Waals surface area (Å²) >= 11 is 0. The molecule has 1 aliphatic rings. The van der Waals surface area contributed by atoms with Gasteiger partial charge in [-0.3, -0.25) is 9.69 Å². The lowest BCUT2D eigenvalue weighted by Gasteiger charge is -2.31. The predicted octanol–water partition coefficient (Wildman–Crippen LogP) is 3.38. The third-order valence-corrected chi connectivity index (χ3v) is 5.39. The number of ether oxygens (including phenoxy) is 1. The van der Waals surface area contributed by atoms with Gasteiger partial charge in [0.25, 0.3) is 0 Å². The lowest BCUT2D eigenvalue weighted by molar-refractivity contribution is -0.117. The van der Waals surface area contributed by atoms with Gasteiger partial charge in [0.05, 0.1) is 31.1 Å². The molecule has 2 heterocycles. The normalized spacial score (nSPS) is 15.8. The smallest absolute Gasteiger partial charge is 0.244 e. The summed E-state index contributed by atoms with van der Waals surface area (Å²) in [5, 5.41) is 7.55. The maximum Gasteiger partial charge on any atom is 0.244 e. The molecule has 31 heavy (non-hydrogen) atoms. The summed E-state index contributed by atoms with van der Waals surface area (Å²) in [6, 6.07) is 18.2. The number of benzene rings is 2. The van der Waals surface area contributed by atoms with Gasteiger partial charge in [0.1, 0.15) is 0 Å². The van der Waals surface area contributed by atoms with Crippen LogP contribution in [0.25, 0.3) is 11.8 Å². The van der Waals surface area contributed by atoms with Crippen molar-refractivity contribution in [1.29, 1.82) is 0 Å². The minimum Gasteiger partial charge on any atom is -0.379 e. The van der Waals surface area contributed by atoms with Gasteiger partial charge in [0, 0.05) is 37.5 Å². The molecule has 0 bridgehead atoms. The highest BCUT2D eigenvalue weighted by atomic mass is 16.5. The lowest BCUT2D eigenvalue weighted by Crippen LogP contribution is -2.42. The fourth-order valence-corrected chi connectivity index (χ4v) is 3.61. The Morgan fingerprint density at radius 3 is 2.61 bits per heavy atom. The first-order valence-corrected chi connectivity index (χ1v) is 10.6. The van der Waals surface area contributed by atoms with Crippen molar-refractivity contribution in [1.82, 2.24) is 20.0 Å². The number of carbonyl (C=O) groups excluding carboxylic acids is 1. The van der Waals surface area contributed by atoms with Crippen LogP contribution in [0.4, 0.5) is 0 Å². The van der Waals surface area contributed by atoms with Gasteiger partial charge in [-0.1, -0.05) is 48.0 Å². The summed E-state index contributed by atoms with van der Waals surface area (Å²) in [5.74, 6) is -0.119. The first-order valence-electron chi connectivity index (χ1n) is 10.6. The molecule has 6 nitrogen and oxygen atoms in total. The van der Waals surface area contributed by atoms with Crippen molar-refractivity contribution in [3.63, 3.8) is 0 Å². The zero-order valence-electron chi connectivity index (χ0n) is 17.8. The second kappa shape index (κ2) is 10.2. The van der Waals surface area contributed by atoms with Crippen LogP contribution in [-0.2, 0) is 9.53 Å². The molecule has 0 aliphatic carbocycles. The largest absolute Gasteiger partial charge is 0.379 e. The SMILES string of the molecule is Cc1ccc([C@H](CN2CCOCC2)NC(=O)/C=C/c2cnn(-c3ccccc3)c2)cc1. The first kappa shape index (κ1) is 21.0. The molecule has 1 N–H and O–H groups in total. The number of para-hydroxylation sites is 1. The third-order valence-electron chi connectivity index (χ3n) is 5.39. The minimum atomic E-state index is -0.119. The molecule has 0 spiro atoms. The van der Waals surface area contributed by atoms with Gasteiger partial charge >= 0.3 is 0 Å². The van der Waals surface area contributed by atoms with E-state index in [9.17, 15) is 4.79 Å². The highest BCUT2D eigenvalue weighted by Gasteiger charge is 2.19. The predicted molar refractivity (Wildman–Crippen MR) is 122 cm³/mol. The zero-order valence-corrected chi connectivity index (χ0v) is 17.8. The number of aromatic nitrogens is 2. The maximum atomic E-state index is 12.7. The molecular formula is C25H28N4O2. The topological polar surface area (TPSA) is 59.4 Å². The van der Waals surface area contributed by atoms with Crippen LogP contribution in [0.15, 0.2) is 73.1 Å². The number of aryl methyl sites for hydroxylation is 1. The number of hydrogen-bond donors (Lipinski definition) is 1. The van der Waals surface area contributed by atoms with Gasteiger partial charge in [-0.2, -0.15) is 5.10 Å². The molecule has 0 saturated carbocycles. The van der Waals surface area contributed by atoms with Crippen molar-refractivity contribution >= 4 is 12.0 Å². The van der Waals surface area contributed by atoms with Crippen LogP contribution in [0.5, 0.6) is 0 Å². The number of carbonyl (C=O) groups is 1. The quantitative estimate of drug-likeness (QED) is 0.600. The fourth-order valence-electron chi connectivity index (χ4n) is 3.61. The summed E-state index contributed by atoms with van der Waals surface area (Å²) in [4.78, 5) is 15.1. The number of nitrogens with zero attached hydrogens (tertiary/aromatic N) is 3. The molecule has 1 fully saturated rings. The van der Waals surface area contributed by atoms with E-state index in [1.165, 1.54) is 5.56 Å². The molecule has 1 aliphatic heterocycles. The molecule has 160 valence electrons. The van der Waals surface area contributed by atoms with Gasteiger partial charge in [-0.25, -0.2) is 4.68 Å². The van der Waals surface area contributed by atoms with E-state index >= 15 is 0 Å². The molecule has 1 saturated heterocycles. The van der Waals surface area contributed by atoms with Gasteiger partial charge in [0.2, 0.25) is 5.91 Å². The molecule has 1 amide bonds. The number of rotatable bonds is 7. The molecule has 1 atom stereocenters. The molecule has 6 heteroatoms. The van der Waals surface area contributed by atoms with Gasteiger partial charge in [-0.15, -0.1) is 0 Å². The second-order valence-corrected chi connectivity index (χ2v) is 7.77. The minimum absolute atomic E-state index is 0.0807. The first-order chi connectivity index (χ1) is 15.2. The Morgan fingerprint density at radius 1 is 1.13 bits per heavy atom. The van der Waals surface area contributed by atoms with Crippen molar-refractivity contribution in [2.45, 2.75) is 13.0 Å². The van der Waals surface area contributed by atoms with Gasteiger partial charge in [-0.05, 0) is 30.7 Å². The Bertz CT molecular complexity index is 1010. The second-order valence-electron chi connectivity index (χ2n) is 7.77. The van der Waals surface area contributed by atoms with Crippen LogP contribution >= 0.6 is 0 Å². The van der Waals surface area contributed by atoms with Crippen LogP contribution in [0.2, 0.25) is 0 Å². The maximum absolute atomic E-state index is 12.7. The number of amides is 1. The summed E-state index contributed by atoms with van der Waals surface area (Å²) in [5.41, 5.74) is 4.17. The van der Waals surface area contributed by atoms with E-state index in [1.807, 2.05) is 36.5 Å². The van der Waals surface area contributed by atoms with Crippen molar-refractivity contribution < 1.29 is 9.53 Å². The molecule has 4 rings (SSSR count). The molecule has 1 aromatic heterocycles. The van der Waals surface area contributed by atoms with Crippen LogP contribution < -0.4 is 5.32 Å². The zero-order chi connectivity index (χ0) is 21.5. The standard InChI is InChI=1S/C25H28N4O2/c1-20-7-10-22(11-8-20)24(19-28-13-15-31-16-14-28)27-25(30)12-9-21-17-26-29(18-21)23-5-3-2-4-6-23/h2-12,17-18,24H,13-16,19H2,1H3,(H,27,30)/b12-9+/t24-/m0/s1. The molecule has 0 radical (unpaired) electrons. The summed E-state index contributed by atoms with van der Waals surface area (Å²) in [6.45, 7) is 6.06. The van der Waals surface area contributed by atoms with E-state index in [1.54, 1.807) is 23.0 Å². The van der Waals surface area contributed by atoms with E-state index in [-0.39, 0.29) is 11.9 Å². The number of morpholine rings is 1. The molecular weight excluding hydrogens is 388 g/mol. The van der Waals surface area contributed by atoms with Crippen LogP contribution in [0.3, 0.4) is 0 Å². The van der Waals surface area contributed by atoms with Gasteiger partial charge < -0.3 is 10.1 Å². The number of nitrogens with one attached hydrogen (secondary N) is 1. The van der Waals surface area contributed by atoms with Gasteiger partial charge in [0.15, 0.2) is 0 Å². The van der Waals surface area contributed by atoms with E-state index in [4.69, 9.17) is 4.74 Å². The summed E-state index contributed by atoms with van der Waals surface area (Å²) in [6.07, 6.45) is 7.03. The molecule has 3 aromatic rings. The Balaban J connectivity index is 1.43.